The molecule has 2 N–H and O–H groups in total. The van der Waals surface area contributed by atoms with E-state index in [1.807, 2.05) is 0 Å². The third kappa shape index (κ3) is 2.24. The summed E-state index contributed by atoms with van der Waals surface area (Å²) >= 11 is 0. The van der Waals surface area contributed by atoms with E-state index in [-0.39, 0.29) is 0 Å². The third-order valence-corrected chi connectivity index (χ3v) is 2.30. The van der Waals surface area contributed by atoms with Gasteiger partial charge in [0.25, 0.3) is 0 Å². The minimum absolute atomic E-state index is 0.552. The molecule has 0 bridgehead atoms. The summed E-state index contributed by atoms with van der Waals surface area (Å²) in [6.45, 7) is -1.16. The minimum atomic E-state index is -1.04. The first kappa shape index (κ1) is 13.1. The van der Waals surface area contributed by atoms with Gasteiger partial charge in [-0.3, -0.25) is 24.0 Å². The number of nitro groups is 1. The lowest BCUT2D eigenvalue weighted by Crippen LogP contribution is -2.41. The normalized spacial score (nSPS) is 10.8. The highest BCUT2D eigenvalue weighted by atomic mass is 16.6. The Morgan fingerprint density at radius 2 is 1.94 bits per heavy atom. The van der Waals surface area contributed by atoms with Crippen LogP contribution in [0.15, 0.2) is 15.8 Å². The molecule has 0 fully saturated rings. The molecule has 0 saturated carbocycles. The predicted molar refractivity (Wildman–Crippen MR) is 55.8 cm³/mol. The van der Waals surface area contributed by atoms with Crippen LogP contribution >= 0.6 is 0 Å². The molecular formula is C8H11N3O6. The average Bonchev–Trinajstić information content (AvgIpc) is 2.30. The zero-order valence-electron chi connectivity index (χ0n) is 8.94. The van der Waals surface area contributed by atoms with Crippen LogP contribution in [0.2, 0.25) is 0 Å². The molecule has 0 aliphatic rings. The first-order valence-corrected chi connectivity index (χ1v) is 4.62. The quantitative estimate of drug-likeness (QED) is 0.465. The number of nitrogens with zero attached hydrogens (tertiary/aromatic N) is 3. The molecule has 0 aliphatic carbocycles. The van der Waals surface area contributed by atoms with Crippen LogP contribution < -0.4 is 11.2 Å². The lowest BCUT2D eigenvalue weighted by Gasteiger charge is -2.14. The largest absolute Gasteiger partial charge is 0.394 e. The third-order valence-electron chi connectivity index (χ3n) is 2.30. The molecule has 17 heavy (non-hydrogen) atoms. The van der Waals surface area contributed by atoms with Crippen LogP contribution in [0, 0.1) is 10.1 Å². The Bertz CT molecular complexity index is 541. The van der Waals surface area contributed by atoms with Crippen LogP contribution in [0.3, 0.4) is 0 Å². The number of hydrogen-bond donors (Lipinski definition) is 2. The Morgan fingerprint density at radius 1 is 1.41 bits per heavy atom. The first-order chi connectivity index (χ1) is 7.93. The number of aliphatic hydroxyl groups is 2. The van der Waals surface area contributed by atoms with E-state index in [4.69, 9.17) is 10.2 Å². The standard InChI is InChI=1S/C8H11N3O6/c1-9-7(14)6(11(16)17)2-10(8(9)15)5(3-12)4-13/h2,5,12-13H,3-4H2,1H3. The SMILES string of the molecule is Cn1c(=O)c([N+](=O)[O-])cn(C(CO)CO)c1=O. The van der Waals surface area contributed by atoms with Gasteiger partial charge in [-0.05, 0) is 0 Å². The number of aromatic nitrogens is 2. The Labute approximate surface area is 94.3 Å². The van der Waals surface area contributed by atoms with Crippen molar-refractivity contribution in [3.05, 3.63) is 37.1 Å². The average molecular weight is 245 g/mol. The second-order valence-electron chi connectivity index (χ2n) is 3.34. The molecule has 1 heterocycles. The Balaban J connectivity index is 3.58. The number of aliphatic hydroxyl groups excluding tert-OH is 2. The van der Waals surface area contributed by atoms with Crippen molar-refractivity contribution in [2.45, 2.75) is 6.04 Å². The monoisotopic (exact) mass is 245 g/mol. The van der Waals surface area contributed by atoms with Crippen molar-refractivity contribution >= 4 is 5.69 Å². The molecular weight excluding hydrogens is 234 g/mol. The van der Waals surface area contributed by atoms with E-state index in [1.54, 1.807) is 0 Å². The van der Waals surface area contributed by atoms with E-state index >= 15 is 0 Å². The van der Waals surface area contributed by atoms with Gasteiger partial charge in [-0.2, -0.15) is 0 Å². The van der Waals surface area contributed by atoms with Crippen molar-refractivity contribution in [2.75, 3.05) is 13.2 Å². The van der Waals surface area contributed by atoms with Crippen LogP contribution in [0.25, 0.3) is 0 Å². The van der Waals surface area contributed by atoms with Crippen LogP contribution in [0.5, 0.6) is 0 Å². The first-order valence-electron chi connectivity index (χ1n) is 4.62. The maximum absolute atomic E-state index is 11.6. The number of hydrogen-bond acceptors (Lipinski definition) is 6. The van der Waals surface area contributed by atoms with Crippen molar-refractivity contribution < 1.29 is 15.1 Å². The molecule has 1 rings (SSSR count). The lowest BCUT2D eigenvalue weighted by molar-refractivity contribution is -0.387. The zero-order chi connectivity index (χ0) is 13.2. The van der Waals surface area contributed by atoms with Gasteiger partial charge in [0.15, 0.2) is 0 Å². The van der Waals surface area contributed by atoms with Gasteiger partial charge in [0.2, 0.25) is 0 Å². The summed E-state index contributed by atoms with van der Waals surface area (Å²) in [6.07, 6.45) is 0.724. The Kier molecular flexibility index (Phi) is 3.76. The maximum Gasteiger partial charge on any atom is 0.350 e. The molecule has 94 valence electrons. The van der Waals surface area contributed by atoms with E-state index in [9.17, 15) is 19.7 Å². The van der Waals surface area contributed by atoms with Gasteiger partial charge in [-0.1, -0.05) is 0 Å². The van der Waals surface area contributed by atoms with Crippen LogP contribution in [-0.2, 0) is 7.05 Å². The summed E-state index contributed by atoms with van der Waals surface area (Å²) in [5.74, 6) is 0. The van der Waals surface area contributed by atoms with Gasteiger partial charge in [0.1, 0.15) is 0 Å². The smallest absolute Gasteiger partial charge is 0.350 e. The van der Waals surface area contributed by atoms with Crippen LogP contribution in [-0.4, -0.2) is 37.5 Å². The summed E-state index contributed by atoms with van der Waals surface area (Å²) in [4.78, 5) is 32.6. The molecule has 1 aromatic heterocycles. The highest BCUT2D eigenvalue weighted by Crippen LogP contribution is 2.05. The minimum Gasteiger partial charge on any atom is -0.394 e. The molecule has 9 nitrogen and oxygen atoms in total. The summed E-state index contributed by atoms with van der Waals surface area (Å²) < 4.78 is 1.32. The molecule has 0 radical (unpaired) electrons. The van der Waals surface area contributed by atoms with E-state index in [0.717, 1.165) is 17.8 Å². The van der Waals surface area contributed by atoms with Gasteiger partial charge in [-0.15, -0.1) is 0 Å². The summed E-state index contributed by atoms with van der Waals surface area (Å²) in [5, 5.41) is 28.4. The van der Waals surface area contributed by atoms with E-state index in [2.05, 4.69) is 0 Å². The van der Waals surface area contributed by atoms with Crippen LogP contribution in [0.1, 0.15) is 6.04 Å². The Hall–Kier alpha value is -2.00. The fourth-order valence-electron chi connectivity index (χ4n) is 1.29. The van der Waals surface area contributed by atoms with Gasteiger partial charge in [-0.25, -0.2) is 4.79 Å². The molecule has 0 saturated heterocycles. The van der Waals surface area contributed by atoms with Gasteiger partial charge in [0.05, 0.1) is 30.4 Å². The highest BCUT2D eigenvalue weighted by molar-refractivity contribution is 5.22. The second-order valence-corrected chi connectivity index (χ2v) is 3.34. The van der Waals surface area contributed by atoms with Gasteiger partial charge >= 0.3 is 16.9 Å². The lowest BCUT2D eigenvalue weighted by atomic mass is 10.3. The van der Waals surface area contributed by atoms with Crippen molar-refractivity contribution in [3.8, 4) is 0 Å². The van der Waals surface area contributed by atoms with E-state index < -0.39 is 41.1 Å². The molecule has 0 aliphatic heterocycles. The molecule has 0 unspecified atom stereocenters. The molecule has 0 spiro atoms. The van der Waals surface area contributed by atoms with E-state index in [0.29, 0.717) is 4.57 Å². The Morgan fingerprint density at radius 3 is 2.35 bits per heavy atom. The molecule has 9 heteroatoms. The summed E-state index contributed by atoms with van der Waals surface area (Å²) in [5.41, 5.74) is -2.67. The maximum atomic E-state index is 11.6. The van der Waals surface area contributed by atoms with Crippen molar-refractivity contribution in [1.29, 1.82) is 0 Å². The number of rotatable bonds is 4. The zero-order valence-corrected chi connectivity index (χ0v) is 8.94. The fourth-order valence-corrected chi connectivity index (χ4v) is 1.29. The second kappa shape index (κ2) is 4.89. The highest BCUT2D eigenvalue weighted by Gasteiger charge is 2.21. The van der Waals surface area contributed by atoms with Crippen LogP contribution in [0.4, 0.5) is 5.69 Å². The van der Waals surface area contributed by atoms with E-state index in [1.165, 1.54) is 0 Å². The van der Waals surface area contributed by atoms with Gasteiger partial charge < -0.3 is 10.2 Å². The van der Waals surface area contributed by atoms with Crippen molar-refractivity contribution in [3.63, 3.8) is 0 Å². The molecule has 1 aromatic rings. The molecule has 0 aromatic carbocycles. The van der Waals surface area contributed by atoms with Crippen molar-refractivity contribution in [2.24, 2.45) is 7.05 Å². The predicted octanol–water partition coefficient (Wildman–Crippen LogP) is -2.02. The fraction of sp³-hybridized carbons (Fsp3) is 0.500. The summed E-state index contributed by atoms with van der Waals surface area (Å²) in [6, 6.07) is -1.02. The molecule has 0 amide bonds. The van der Waals surface area contributed by atoms with Crippen molar-refractivity contribution in [1.82, 2.24) is 9.13 Å². The summed E-state index contributed by atoms with van der Waals surface area (Å²) in [7, 11) is 1.08. The molecule has 0 atom stereocenters. The topological polar surface area (TPSA) is 128 Å². The van der Waals surface area contributed by atoms with Gasteiger partial charge in [0, 0.05) is 7.05 Å².